The van der Waals surface area contributed by atoms with Gasteiger partial charge in [-0.25, -0.2) is 0 Å². The fourth-order valence-electron chi connectivity index (χ4n) is 2.35. The van der Waals surface area contributed by atoms with Gasteiger partial charge in [-0.05, 0) is 38.0 Å². The molecule has 14 heavy (non-hydrogen) atoms. The van der Waals surface area contributed by atoms with Gasteiger partial charge in [0.25, 0.3) is 0 Å². The summed E-state index contributed by atoms with van der Waals surface area (Å²) < 4.78 is 5.87. The smallest absolute Gasteiger partial charge is 0.0582 e. The molecule has 0 radical (unpaired) electrons. The maximum absolute atomic E-state index is 5.87. The first-order valence-electron chi connectivity index (χ1n) is 5.80. The number of rotatable bonds is 4. The number of hydrogen-bond donors (Lipinski definition) is 0. The standard InChI is InChI=1S/C12H23BrO/c1-8(2)12(10(4)13)7-11-6-5-9(3)14-11/h8-12H,5-7H2,1-4H3. The molecule has 0 aromatic carbocycles. The zero-order valence-corrected chi connectivity index (χ0v) is 11.4. The number of ether oxygens (including phenoxy) is 1. The molecule has 4 atom stereocenters. The molecule has 1 rings (SSSR count). The Balaban J connectivity index is 2.40. The molecule has 1 aliphatic heterocycles. The summed E-state index contributed by atoms with van der Waals surface area (Å²) >= 11 is 3.71. The van der Waals surface area contributed by atoms with Crippen molar-refractivity contribution < 1.29 is 4.74 Å². The highest BCUT2D eigenvalue weighted by Gasteiger charge is 2.28. The van der Waals surface area contributed by atoms with Crippen LogP contribution >= 0.6 is 15.9 Å². The summed E-state index contributed by atoms with van der Waals surface area (Å²) in [6, 6.07) is 0. The van der Waals surface area contributed by atoms with E-state index >= 15 is 0 Å². The minimum atomic E-state index is 0.485. The Morgan fingerprint density at radius 2 is 1.93 bits per heavy atom. The average Bonchev–Trinajstić information content (AvgIpc) is 2.46. The summed E-state index contributed by atoms with van der Waals surface area (Å²) in [4.78, 5) is 0.599. The second-order valence-electron chi connectivity index (χ2n) is 4.97. The highest BCUT2D eigenvalue weighted by Crippen LogP contribution is 2.31. The molecule has 0 aliphatic carbocycles. The van der Waals surface area contributed by atoms with Crippen LogP contribution in [-0.4, -0.2) is 17.0 Å². The van der Waals surface area contributed by atoms with Crippen LogP contribution in [0.25, 0.3) is 0 Å². The van der Waals surface area contributed by atoms with Crippen molar-refractivity contribution in [1.29, 1.82) is 0 Å². The highest BCUT2D eigenvalue weighted by molar-refractivity contribution is 9.09. The molecule has 0 bridgehead atoms. The van der Waals surface area contributed by atoms with Gasteiger partial charge in [0, 0.05) is 4.83 Å². The van der Waals surface area contributed by atoms with Crippen LogP contribution in [0.15, 0.2) is 0 Å². The highest BCUT2D eigenvalue weighted by atomic mass is 79.9. The average molecular weight is 263 g/mol. The zero-order chi connectivity index (χ0) is 10.7. The normalized spacial score (nSPS) is 32.1. The predicted octanol–water partition coefficient (Wildman–Crippen LogP) is 4.00. The number of alkyl halides is 1. The van der Waals surface area contributed by atoms with Crippen molar-refractivity contribution in [3.63, 3.8) is 0 Å². The topological polar surface area (TPSA) is 9.23 Å². The van der Waals surface area contributed by atoms with Gasteiger partial charge in [0.2, 0.25) is 0 Å². The summed E-state index contributed by atoms with van der Waals surface area (Å²) in [7, 11) is 0. The fourth-order valence-corrected chi connectivity index (χ4v) is 3.18. The van der Waals surface area contributed by atoms with Gasteiger partial charge in [-0.2, -0.15) is 0 Å². The van der Waals surface area contributed by atoms with Gasteiger partial charge < -0.3 is 4.74 Å². The minimum Gasteiger partial charge on any atom is -0.375 e. The molecular weight excluding hydrogens is 240 g/mol. The van der Waals surface area contributed by atoms with Crippen LogP contribution in [0.5, 0.6) is 0 Å². The van der Waals surface area contributed by atoms with Crippen LogP contribution in [0, 0.1) is 11.8 Å². The van der Waals surface area contributed by atoms with Crippen molar-refractivity contribution in [2.24, 2.45) is 11.8 Å². The van der Waals surface area contributed by atoms with E-state index in [1.165, 1.54) is 19.3 Å². The minimum absolute atomic E-state index is 0.485. The van der Waals surface area contributed by atoms with E-state index in [4.69, 9.17) is 4.74 Å². The molecule has 1 heterocycles. The summed E-state index contributed by atoms with van der Waals surface area (Å²) in [6.07, 6.45) is 4.71. The van der Waals surface area contributed by atoms with Crippen LogP contribution in [0.1, 0.15) is 47.0 Å². The first-order valence-corrected chi connectivity index (χ1v) is 6.71. The molecule has 2 heteroatoms. The van der Waals surface area contributed by atoms with Crippen molar-refractivity contribution in [1.82, 2.24) is 0 Å². The van der Waals surface area contributed by atoms with E-state index in [1.807, 2.05) is 0 Å². The molecule has 1 aliphatic rings. The van der Waals surface area contributed by atoms with E-state index in [0.717, 1.165) is 11.8 Å². The van der Waals surface area contributed by atoms with E-state index in [1.54, 1.807) is 0 Å². The molecule has 0 saturated carbocycles. The molecule has 4 unspecified atom stereocenters. The third-order valence-corrected chi connectivity index (χ3v) is 3.98. The molecular formula is C12H23BrO. The maximum Gasteiger partial charge on any atom is 0.0582 e. The molecule has 1 nitrogen and oxygen atoms in total. The fraction of sp³-hybridized carbons (Fsp3) is 1.00. The lowest BCUT2D eigenvalue weighted by molar-refractivity contribution is 0.0364. The molecule has 0 spiro atoms. The third kappa shape index (κ3) is 3.54. The Hall–Kier alpha value is 0.440. The van der Waals surface area contributed by atoms with E-state index in [9.17, 15) is 0 Å². The van der Waals surface area contributed by atoms with Gasteiger partial charge in [-0.3, -0.25) is 0 Å². The summed E-state index contributed by atoms with van der Waals surface area (Å²) in [6.45, 7) is 9.05. The molecule has 1 saturated heterocycles. The van der Waals surface area contributed by atoms with Crippen LogP contribution in [0.3, 0.4) is 0 Å². The van der Waals surface area contributed by atoms with E-state index in [2.05, 4.69) is 43.6 Å². The van der Waals surface area contributed by atoms with E-state index < -0.39 is 0 Å². The van der Waals surface area contributed by atoms with Gasteiger partial charge in [-0.1, -0.05) is 36.7 Å². The molecule has 0 N–H and O–H groups in total. The van der Waals surface area contributed by atoms with Gasteiger partial charge in [0.15, 0.2) is 0 Å². The van der Waals surface area contributed by atoms with Crippen molar-refractivity contribution in [3.05, 3.63) is 0 Å². The van der Waals surface area contributed by atoms with Crippen molar-refractivity contribution in [3.8, 4) is 0 Å². The number of hydrogen-bond acceptors (Lipinski definition) is 1. The predicted molar refractivity (Wildman–Crippen MR) is 64.9 cm³/mol. The Bertz CT molecular complexity index is 160. The quantitative estimate of drug-likeness (QED) is 0.696. The van der Waals surface area contributed by atoms with Crippen LogP contribution in [0.4, 0.5) is 0 Å². The molecule has 84 valence electrons. The molecule has 0 aromatic heterocycles. The third-order valence-electron chi connectivity index (χ3n) is 3.30. The zero-order valence-electron chi connectivity index (χ0n) is 9.79. The maximum atomic E-state index is 5.87. The second kappa shape index (κ2) is 5.50. The van der Waals surface area contributed by atoms with E-state index in [0.29, 0.717) is 17.0 Å². The molecule has 0 amide bonds. The van der Waals surface area contributed by atoms with Crippen LogP contribution in [-0.2, 0) is 4.74 Å². The van der Waals surface area contributed by atoms with Gasteiger partial charge in [0.05, 0.1) is 12.2 Å². The Kier molecular flexibility index (Phi) is 4.92. The monoisotopic (exact) mass is 262 g/mol. The van der Waals surface area contributed by atoms with Crippen molar-refractivity contribution in [2.75, 3.05) is 0 Å². The lowest BCUT2D eigenvalue weighted by Gasteiger charge is -2.26. The SMILES string of the molecule is CC1CCC(CC(C(C)C)C(C)Br)O1. The van der Waals surface area contributed by atoms with Crippen molar-refractivity contribution >= 4 is 15.9 Å². The lowest BCUT2D eigenvalue weighted by atomic mass is 9.87. The summed E-state index contributed by atoms with van der Waals surface area (Å²) in [5.41, 5.74) is 0. The van der Waals surface area contributed by atoms with Crippen molar-refractivity contribution in [2.45, 2.75) is 64.0 Å². The largest absolute Gasteiger partial charge is 0.375 e. The number of halogens is 1. The lowest BCUT2D eigenvalue weighted by Crippen LogP contribution is -2.24. The van der Waals surface area contributed by atoms with E-state index in [-0.39, 0.29) is 0 Å². The summed E-state index contributed by atoms with van der Waals surface area (Å²) in [5.74, 6) is 1.48. The second-order valence-corrected chi connectivity index (χ2v) is 6.41. The van der Waals surface area contributed by atoms with Crippen LogP contribution < -0.4 is 0 Å². The first-order chi connectivity index (χ1) is 6.50. The van der Waals surface area contributed by atoms with Gasteiger partial charge in [0.1, 0.15) is 0 Å². The van der Waals surface area contributed by atoms with Gasteiger partial charge >= 0.3 is 0 Å². The Labute approximate surface area is 96.7 Å². The Morgan fingerprint density at radius 3 is 2.29 bits per heavy atom. The van der Waals surface area contributed by atoms with Gasteiger partial charge in [-0.15, -0.1) is 0 Å². The summed E-state index contributed by atoms with van der Waals surface area (Å²) in [5, 5.41) is 0. The first kappa shape index (κ1) is 12.5. The van der Waals surface area contributed by atoms with Crippen LogP contribution in [0.2, 0.25) is 0 Å². The Morgan fingerprint density at radius 1 is 1.29 bits per heavy atom. The molecule has 0 aromatic rings. The molecule has 1 fully saturated rings.